The fourth-order valence-corrected chi connectivity index (χ4v) is 1.91. The van der Waals surface area contributed by atoms with E-state index in [1.807, 2.05) is 13.0 Å². The zero-order valence-electron chi connectivity index (χ0n) is 8.41. The average molecular weight is 214 g/mol. The lowest BCUT2D eigenvalue weighted by Crippen LogP contribution is -2.09. The van der Waals surface area contributed by atoms with Crippen molar-refractivity contribution in [1.29, 1.82) is 0 Å². The number of Topliss-reactive ketones (excluding diaryl/α,β-unsaturated/α-hetero) is 1. The molecule has 3 nitrogen and oxygen atoms in total. The van der Waals surface area contributed by atoms with Crippen molar-refractivity contribution in [2.75, 3.05) is 19.5 Å². The second-order valence-electron chi connectivity index (χ2n) is 2.99. The van der Waals surface area contributed by atoms with Crippen molar-refractivity contribution >= 4 is 17.5 Å². The summed E-state index contributed by atoms with van der Waals surface area (Å²) in [5.41, 5.74) is 1.14. The molecule has 0 radical (unpaired) electrons. The molecule has 1 heterocycles. The molecule has 0 bridgehead atoms. The van der Waals surface area contributed by atoms with Crippen LogP contribution in [0.2, 0.25) is 0 Å². The highest BCUT2D eigenvalue weighted by atomic mass is 32.2. The second kappa shape index (κ2) is 5.88. The van der Waals surface area contributed by atoms with Crippen LogP contribution in [-0.2, 0) is 15.3 Å². The first-order chi connectivity index (χ1) is 6.74. The number of aryl methyl sites for hydroxylation is 1. The van der Waals surface area contributed by atoms with E-state index >= 15 is 0 Å². The molecule has 4 heteroatoms. The van der Waals surface area contributed by atoms with Crippen LogP contribution in [0.15, 0.2) is 16.7 Å². The van der Waals surface area contributed by atoms with Crippen molar-refractivity contribution in [3.63, 3.8) is 0 Å². The number of methoxy groups -OCH3 is 1. The van der Waals surface area contributed by atoms with Crippen molar-refractivity contribution in [2.24, 2.45) is 0 Å². The Kier molecular flexibility index (Phi) is 4.76. The molecular formula is C10H14O3S. The first-order valence-corrected chi connectivity index (χ1v) is 5.51. The van der Waals surface area contributed by atoms with Gasteiger partial charge in [0.15, 0.2) is 5.78 Å². The second-order valence-corrected chi connectivity index (χ2v) is 3.98. The number of carbonyl (C=O) groups is 1. The Morgan fingerprint density at radius 1 is 1.64 bits per heavy atom. The Morgan fingerprint density at radius 3 is 3.00 bits per heavy atom. The van der Waals surface area contributed by atoms with Crippen molar-refractivity contribution in [1.82, 2.24) is 0 Å². The predicted molar refractivity (Wildman–Crippen MR) is 56.5 cm³/mol. The Morgan fingerprint density at radius 2 is 2.43 bits per heavy atom. The third kappa shape index (κ3) is 3.55. The van der Waals surface area contributed by atoms with Gasteiger partial charge < -0.3 is 9.15 Å². The summed E-state index contributed by atoms with van der Waals surface area (Å²) in [5.74, 6) is 2.28. The maximum Gasteiger partial charge on any atom is 0.168 e. The molecule has 1 aromatic heterocycles. The van der Waals surface area contributed by atoms with Crippen LogP contribution in [0.3, 0.4) is 0 Å². The van der Waals surface area contributed by atoms with Gasteiger partial charge in [0.1, 0.15) is 12.4 Å². The number of carbonyl (C=O) groups excluding carboxylic acids is 1. The van der Waals surface area contributed by atoms with E-state index in [1.54, 1.807) is 18.0 Å². The van der Waals surface area contributed by atoms with E-state index in [-0.39, 0.29) is 12.4 Å². The van der Waals surface area contributed by atoms with Crippen LogP contribution in [0.1, 0.15) is 11.3 Å². The van der Waals surface area contributed by atoms with E-state index in [2.05, 4.69) is 0 Å². The molecule has 0 aliphatic carbocycles. The largest absolute Gasteiger partial charge is 0.468 e. The summed E-state index contributed by atoms with van der Waals surface area (Å²) in [7, 11) is 1.53. The maximum absolute atomic E-state index is 11.1. The monoisotopic (exact) mass is 214 g/mol. The van der Waals surface area contributed by atoms with Gasteiger partial charge in [0, 0.05) is 7.11 Å². The molecule has 0 aromatic carbocycles. The van der Waals surface area contributed by atoms with Gasteiger partial charge in [-0.3, -0.25) is 4.79 Å². The molecule has 0 saturated carbocycles. The SMILES string of the molecule is COCC(=O)CSCc1occc1C. The highest BCUT2D eigenvalue weighted by Crippen LogP contribution is 2.16. The van der Waals surface area contributed by atoms with Crippen LogP contribution < -0.4 is 0 Å². The number of furan rings is 1. The first kappa shape index (κ1) is 11.3. The number of rotatable bonds is 6. The van der Waals surface area contributed by atoms with Gasteiger partial charge in [0.25, 0.3) is 0 Å². The topological polar surface area (TPSA) is 39.4 Å². The molecule has 0 unspecified atom stereocenters. The Labute approximate surface area is 87.8 Å². The van der Waals surface area contributed by atoms with E-state index in [4.69, 9.17) is 9.15 Å². The van der Waals surface area contributed by atoms with Crippen LogP contribution in [-0.4, -0.2) is 25.3 Å². The molecule has 0 N–H and O–H groups in total. The number of hydrogen-bond donors (Lipinski definition) is 0. The molecule has 78 valence electrons. The number of hydrogen-bond acceptors (Lipinski definition) is 4. The van der Waals surface area contributed by atoms with Crippen LogP contribution in [0.25, 0.3) is 0 Å². The molecule has 1 aromatic rings. The van der Waals surface area contributed by atoms with Gasteiger partial charge in [-0.05, 0) is 18.6 Å². The maximum atomic E-state index is 11.1. The fraction of sp³-hybridized carbons (Fsp3) is 0.500. The predicted octanol–water partition coefficient (Wildman–Crippen LogP) is 2.04. The summed E-state index contributed by atoms with van der Waals surface area (Å²) in [6, 6.07) is 1.92. The number of thioether (sulfide) groups is 1. The lowest BCUT2D eigenvalue weighted by atomic mass is 10.3. The van der Waals surface area contributed by atoms with E-state index < -0.39 is 0 Å². The van der Waals surface area contributed by atoms with Crippen molar-refractivity contribution < 1.29 is 13.9 Å². The lowest BCUT2D eigenvalue weighted by molar-refractivity contribution is -0.120. The summed E-state index contributed by atoms with van der Waals surface area (Å²) in [6.07, 6.45) is 1.67. The average Bonchev–Trinajstić information content (AvgIpc) is 2.52. The van der Waals surface area contributed by atoms with Crippen molar-refractivity contribution in [3.8, 4) is 0 Å². The van der Waals surface area contributed by atoms with Crippen molar-refractivity contribution in [2.45, 2.75) is 12.7 Å². The third-order valence-electron chi connectivity index (χ3n) is 1.77. The Bertz CT molecular complexity index is 293. The standard InChI is InChI=1S/C10H14O3S/c1-8-3-4-13-10(8)7-14-6-9(11)5-12-2/h3-4H,5-7H2,1-2H3. The van der Waals surface area contributed by atoms with E-state index in [0.717, 1.165) is 17.1 Å². The summed E-state index contributed by atoms with van der Waals surface area (Å²) < 4.78 is 9.97. The van der Waals surface area contributed by atoms with Gasteiger partial charge in [0.2, 0.25) is 0 Å². The van der Waals surface area contributed by atoms with Crippen LogP contribution in [0, 0.1) is 6.92 Å². The summed E-state index contributed by atoms with van der Waals surface area (Å²) in [4.78, 5) is 11.1. The van der Waals surface area contributed by atoms with Gasteiger partial charge >= 0.3 is 0 Å². The van der Waals surface area contributed by atoms with Gasteiger partial charge in [-0.1, -0.05) is 0 Å². The smallest absolute Gasteiger partial charge is 0.168 e. The summed E-state index contributed by atoms with van der Waals surface area (Å²) in [6.45, 7) is 2.19. The van der Waals surface area contributed by atoms with Crippen LogP contribution >= 0.6 is 11.8 Å². The number of ketones is 1. The van der Waals surface area contributed by atoms with Crippen LogP contribution in [0.5, 0.6) is 0 Å². The first-order valence-electron chi connectivity index (χ1n) is 4.35. The van der Waals surface area contributed by atoms with Gasteiger partial charge in [-0.25, -0.2) is 0 Å². The van der Waals surface area contributed by atoms with E-state index in [0.29, 0.717) is 5.75 Å². The zero-order chi connectivity index (χ0) is 10.4. The fourth-order valence-electron chi connectivity index (χ4n) is 1.01. The minimum Gasteiger partial charge on any atom is -0.468 e. The quantitative estimate of drug-likeness (QED) is 0.726. The zero-order valence-corrected chi connectivity index (χ0v) is 9.23. The molecule has 0 saturated heterocycles. The van der Waals surface area contributed by atoms with E-state index in [9.17, 15) is 4.79 Å². The van der Waals surface area contributed by atoms with Gasteiger partial charge in [-0.2, -0.15) is 0 Å². The molecule has 0 fully saturated rings. The Hall–Kier alpha value is -0.740. The molecule has 14 heavy (non-hydrogen) atoms. The molecular weight excluding hydrogens is 200 g/mol. The number of ether oxygens (including phenoxy) is 1. The minimum absolute atomic E-state index is 0.113. The third-order valence-corrected chi connectivity index (χ3v) is 2.76. The minimum atomic E-state index is 0.113. The Balaban J connectivity index is 2.22. The van der Waals surface area contributed by atoms with E-state index in [1.165, 1.54) is 7.11 Å². The van der Waals surface area contributed by atoms with Gasteiger partial charge in [0.05, 0.1) is 17.8 Å². The summed E-state index contributed by atoms with van der Waals surface area (Å²) >= 11 is 1.55. The van der Waals surface area contributed by atoms with Crippen LogP contribution in [0.4, 0.5) is 0 Å². The summed E-state index contributed by atoms with van der Waals surface area (Å²) in [5, 5.41) is 0. The highest BCUT2D eigenvalue weighted by molar-refractivity contribution is 7.99. The highest BCUT2D eigenvalue weighted by Gasteiger charge is 2.04. The van der Waals surface area contributed by atoms with Gasteiger partial charge in [-0.15, -0.1) is 11.8 Å². The molecule has 0 aliphatic heterocycles. The molecule has 0 aliphatic rings. The molecule has 0 spiro atoms. The normalized spacial score (nSPS) is 10.4. The van der Waals surface area contributed by atoms with Crippen molar-refractivity contribution in [3.05, 3.63) is 23.7 Å². The molecule has 1 rings (SSSR count). The molecule has 0 amide bonds. The molecule has 0 atom stereocenters. The lowest BCUT2D eigenvalue weighted by Gasteiger charge is -1.99.